The first-order valence-corrected chi connectivity index (χ1v) is 6.36. The average Bonchev–Trinajstić information content (AvgIpc) is 2.86. The molecule has 1 aliphatic heterocycles. The largest absolute Gasteiger partial charge is 0.461 e. The normalized spacial score (nSPS) is 19.8. The zero-order chi connectivity index (χ0) is 11.1. The summed E-state index contributed by atoms with van der Waals surface area (Å²) in [6, 6.07) is 3.86. The fraction of sp³-hybridized carbons (Fsp3) is 0.417. The van der Waals surface area contributed by atoms with Gasteiger partial charge in [0, 0.05) is 6.54 Å². The van der Waals surface area contributed by atoms with Gasteiger partial charge >= 0.3 is 0 Å². The van der Waals surface area contributed by atoms with E-state index >= 15 is 0 Å². The quantitative estimate of drug-likeness (QED) is 0.796. The lowest BCUT2D eigenvalue weighted by molar-refractivity contribution is 0.470. The number of hydrogen-bond acceptors (Lipinski definition) is 2. The lowest BCUT2D eigenvalue weighted by Gasteiger charge is -2.22. The van der Waals surface area contributed by atoms with Gasteiger partial charge in [0.15, 0.2) is 11.6 Å². The molecule has 0 bridgehead atoms. The van der Waals surface area contributed by atoms with E-state index in [0.29, 0.717) is 5.92 Å². The maximum atomic E-state index is 5.43. The lowest BCUT2D eigenvalue weighted by atomic mass is 9.99. The summed E-state index contributed by atoms with van der Waals surface area (Å²) in [6.45, 7) is 3.29. The molecule has 3 nitrogen and oxygen atoms in total. The fourth-order valence-electron chi connectivity index (χ4n) is 2.42. The minimum Gasteiger partial charge on any atom is -0.461 e. The Morgan fingerprint density at radius 1 is 1.56 bits per heavy atom. The maximum Gasteiger partial charge on any atom is 0.177 e. The van der Waals surface area contributed by atoms with Gasteiger partial charge in [0.1, 0.15) is 4.60 Å². The molecular formula is C12H13BrN2O. The first-order valence-electron chi connectivity index (χ1n) is 5.57. The fourth-order valence-corrected chi connectivity index (χ4v) is 3.19. The van der Waals surface area contributed by atoms with Crippen molar-refractivity contribution in [2.75, 3.05) is 0 Å². The van der Waals surface area contributed by atoms with Crippen molar-refractivity contribution in [2.24, 2.45) is 0 Å². The number of aromatic nitrogens is 2. The number of halogens is 1. The second kappa shape index (κ2) is 3.77. The molecule has 3 rings (SSSR count). The van der Waals surface area contributed by atoms with Gasteiger partial charge in [-0.1, -0.05) is 6.92 Å². The van der Waals surface area contributed by atoms with Crippen LogP contribution in [0.25, 0.3) is 11.6 Å². The summed E-state index contributed by atoms with van der Waals surface area (Å²) in [5, 5.41) is 0. The van der Waals surface area contributed by atoms with Gasteiger partial charge in [-0.2, -0.15) is 0 Å². The molecular weight excluding hydrogens is 268 g/mol. The average molecular weight is 281 g/mol. The number of imidazole rings is 1. The van der Waals surface area contributed by atoms with Crippen LogP contribution in [0.5, 0.6) is 0 Å². The first-order chi connectivity index (χ1) is 7.77. The van der Waals surface area contributed by atoms with Gasteiger partial charge in [0.2, 0.25) is 0 Å². The van der Waals surface area contributed by atoms with Crippen LogP contribution in [0.3, 0.4) is 0 Å². The molecule has 84 valence electrons. The Balaban J connectivity index is 2.18. The van der Waals surface area contributed by atoms with Crippen molar-refractivity contribution in [3.05, 3.63) is 28.7 Å². The Kier molecular flexibility index (Phi) is 2.39. The van der Waals surface area contributed by atoms with Crippen LogP contribution in [0.4, 0.5) is 0 Å². The van der Waals surface area contributed by atoms with Crippen molar-refractivity contribution in [1.29, 1.82) is 0 Å². The van der Waals surface area contributed by atoms with E-state index in [9.17, 15) is 0 Å². The highest BCUT2D eigenvalue weighted by atomic mass is 79.9. The molecule has 0 aromatic carbocycles. The van der Waals surface area contributed by atoms with Crippen LogP contribution < -0.4 is 0 Å². The van der Waals surface area contributed by atoms with Gasteiger partial charge in [0.25, 0.3) is 0 Å². The van der Waals surface area contributed by atoms with Gasteiger partial charge in [-0.25, -0.2) is 4.98 Å². The van der Waals surface area contributed by atoms with E-state index in [2.05, 4.69) is 32.4 Å². The van der Waals surface area contributed by atoms with E-state index in [1.165, 1.54) is 18.5 Å². The molecule has 0 N–H and O–H groups in total. The highest BCUT2D eigenvalue weighted by molar-refractivity contribution is 9.10. The molecule has 1 aliphatic rings. The minimum absolute atomic E-state index is 0.569. The molecule has 0 fully saturated rings. The minimum atomic E-state index is 0.569. The van der Waals surface area contributed by atoms with Gasteiger partial charge in [-0.3, -0.25) is 0 Å². The van der Waals surface area contributed by atoms with Crippen molar-refractivity contribution in [1.82, 2.24) is 9.55 Å². The molecule has 4 heteroatoms. The Bertz CT molecular complexity index is 501. The number of nitrogens with zero attached hydrogens (tertiary/aromatic N) is 2. The van der Waals surface area contributed by atoms with E-state index in [0.717, 1.165) is 22.7 Å². The molecule has 1 unspecified atom stereocenters. The zero-order valence-corrected chi connectivity index (χ0v) is 10.7. The summed E-state index contributed by atoms with van der Waals surface area (Å²) in [7, 11) is 0. The summed E-state index contributed by atoms with van der Waals surface area (Å²) in [5.41, 5.74) is 1.30. The Morgan fingerprint density at radius 3 is 3.19 bits per heavy atom. The number of hydrogen-bond donors (Lipinski definition) is 0. The lowest BCUT2D eigenvalue weighted by Crippen LogP contribution is -2.14. The smallest absolute Gasteiger partial charge is 0.177 e. The molecule has 0 amide bonds. The third-order valence-electron chi connectivity index (χ3n) is 3.19. The third-order valence-corrected chi connectivity index (χ3v) is 3.77. The molecule has 0 saturated heterocycles. The third kappa shape index (κ3) is 1.44. The van der Waals surface area contributed by atoms with Crippen LogP contribution in [0, 0.1) is 0 Å². The van der Waals surface area contributed by atoms with Crippen molar-refractivity contribution in [2.45, 2.75) is 32.2 Å². The van der Waals surface area contributed by atoms with Crippen molar-refractivity contribution >= 4 is 15.9 Å². The van der Waals surface area contributed by atoms with E-state index in [4.69, 9.17) is 4.42 Å². The molecule has 0 radical (unpaired) electrons. The number of fused-ring (bicyclic) bond motifs is 1. The van der Waals surface area contributed by atoms with Crippen molar-refractivity contribution in [3.8, 4) is 11.6 Å². The monoisotopic (exact) mass is 280 g/mol. The second-order valence-electron chi connectivity index (χ2n) is 4.28. The highest BCUT2D eigenvalue weighted by Gasteiger charge is 2.25. The first kappa shape index (κ1) is 10.1. The second-order valence-corrected chi connectivity index (χ2v) is 5.03. The predicted molar refractivity (Wildman–Crippen MR) is 65.3 cm³/mol. The highest BCUT2D eigenvalue weighted by Crippen LogP contribution is 2.36. The van der Waals surface area contributed by atoms with E-state index < -0.39 is 0 Å². The van der Waals surface area contributed by atoms with Crippen molar-refractivity contribution in [3.63, 3.8) is 0 Å². The molecule has 0 spiro atoms. The Labute approximate surface area is 103 Å². The zero-order valence-electron chi connectivity index (χ0n) is 9.11. The van der Waals surface area contributed by atoms with E-state index in [-0.39, 0.29) is 0 Å². The van der Waals surface area contributed by atoms with Gasteiger partial charge in [0.05, 0.1) is 12.0 Å². The topological polar surface area (TPSA) is 31.0 Å². The van der Waals surface area contributed by atoms with Crippen LogP contribution in [0.15, 0.2) is 27.4 Å². The summed E-state index contributed by atoms with van der Waals surface area (Å²) in [5.74, 6) is 2.36. The summed E-state index contributed by atoms with van der Waals surface area (Å²) in [4.78, 5) is 4.57. The van der Waals surface area contributed by atoms with Crippen LogP contribution in [0.2, 0.25) is 0 Å². The van der Waals surface area contributed by atoms with Gasteiger partial charge < -0.3 is 8.98 Å². The molecule has 3 heterocycles. The van der Waals surface area contributed by atoms with E-state index in [1.807, 2.05) is 12.1 Å². The summed E-state index contributed by atoms with van der Waals surface area (Å²) < 4.78 is 8.67. The molecule has 2 aromatic heterocycles. The van der Waals surface area contributed by atoms with E-state index in [1.54, 1.807) is 6.26 Å². The standard InChI is InChI=1S/C12H13BrN2O/c1-8-4-2-6-15-10(8)11(13)14-12(15)9-5-3-7-16-9/h3,5,7-8H,2,4,6H2,1H3. The number of furan rings is 1. The van der Waals surface area contributed by atoms with Crippen LogP contribution >= 0.6 is 15.9 Å². The molecule has 1 atom stereocenters. The maximum absolute atomic E-state index is 5.43. The Morgan fingerprint density at radius 2 is 2.44 bits per heavy atom. The predicted octanol–water partition coefficient (Wildman–Crippen LogP) is 3.80. The molecule has 0 aliphatic carbocycles. The van der Waals surface area contributed by atoms with Gasteiger partial charge in [-0.15, -0.1) is 0 Å². The summed E-state index contributed by atoms with van der Waals surface area (Å²) in [6.07, 6.45) is 4.14. The molecule has 0 saturated carbocycles. The Hall–Kier alpha value is -1.03. The van der Waals surface area contributed by atoms with Crippen molar-refractivity contribution < 1.29 is 4.42 Å². The van der Waals surface area contributed by atoms with Crippen LogP contribution in [0.1, 0.15) is 31.4 Å². The van der Waals surface area contributed by atoms with Gasteiger partial charge in [-0.05, 0) is 46.8 Å². The molecule has 2 aromatic rings. The van der Waals surface area contributed by atoms with Crippen LogP contribution in [-0.2, 0) is 6.54 Å². The molecule has 16 heavy (non-hydrogen) atoms. The number of rotatable bonds is 1. The SMILES string of the molecule is CC1CCCn2c(-c3ccco3)nc(Br)c21. The summed E-state index contributed by atoms with van der Waals surface area (Å²) >= 11 is 3.56. The van der Waals surface area contributed by atoms with Crippen LogP contribution in [-0.4, -0.2) is 9.55 Å².